The molecule has 0 saturated carbocycles. The second kappa shape index (κ2) is 5.35. The number of fused-ring (bicyclic) bond motifs is 5. The Kier molecular flexibility index (Phi) is 3.01. The van der Waals surface area contributed by atoms with Crippen LogP contribution in [0.2, 0.25) is 0 Å². The zero-order valence-corrected chi connectivity index (χ0v) is 13.8. The number of ether oxygens (including phenoxy) is 1. The van der Waals surface area contributed by atoms with Crippen molar-refractivity contribution in [3.05, 3.63) is 78.9 Å². The van der Waals surface area contributed by atoms with Crippen LogP contribution in [-0.2, 0) is 0 Å². The molecule has 3 nitrogen and oxygen atoms in total. The number of para-hydroxylation sites is 1. The Morgan fingerprint density at radius 3 is 2.44 bits per heavy atom. The molecule has 0 N–H and O–H groups in total. The fraction of sp³-hybridized carbons (Fsp3) is 0.0455. The molecule has 0 spiro atoms. The van der Waals surface area contributed by atoms with E-state index in [0.29, 0.717) is 0 Å². The molecule has 0 amide bonds. The molecule has 120 valence electrons. The highest BCUT2D eigenvalue weighted by atomic mass is 16.5. The molecule has 0 aliphatic carbocycles. The van der Waals surface area contributed by atoms with E-state index in [1.54, 1.807) is 7.11 Å². The van der Waals surface area contributed by atoms with Gasteiger partial charge in [0.05, 0.1) is 23.7 Å². The van der Waals surface area contributed by atoms with E-state index >= 15 is 0 Å². The van der Waals surface area contributed by atoms with Crippen molar-refractivity contribution in [2.75, 3.05) is 7.11 Å². The summed E-state index contributed by atoms with van der Waals surface area (Å²) in [5.74, 6) is 1.82. The second-order valence-corrected chi connectivity index (χ2v) is 6.11. The van der Waals surface area contributed by atoms with Gasteiger partial charge in [0.1, 0.15) is 11.6 Å². The topological polar surface area (TPSA) is 26.5 Å². The summed E-state index contributed by atoms with van der Waals surface area (Å²) >= 11 is 0. The minimum absolute atomic E-state index is 0.863. The number of aromatic nitrogens is 2. The van der Waals surface area contributed by atoms with Gasteiger partial charge in [0.25, 0.3) is 0 Å². The Morgan fingerprint density at radius 2 is 1.60 bits per heavy atom. The number of methoxy groups -OCH3 is 1. The highest BCUT2D eigenvalue weighted by molar-refractivity contribution is 6.02. The van der Waals surface area contributed by atoms with Crippen molar-refractivity contribution in [2.45, 2.75) is 0 Å². The Morgan fingerprint density at radius 1 is 0.800 bits per heavy atom. The molecule has 0 saturated heterocycles. The molecule has 3 heteroatoms. The summed E-state index contributed by atoms with van der Waals surface area (Å²) < 4.78 is 7.64. The van der Waals surface area contributed by atoms with Gasteiger partial charge in [-0.3, -0.25) is 4.40 Å². The number of benzene rings is 3. The molecule has 0 unspecified atom stereocenters. The van der Waals surface area contributed by atoms with Crippen molar-refractivity contribution < 1.29 is 4.74 Å². The van der Waals surface area contributed by atoms with Crippen LogP contribution in [-0.4, -0.2) is 16.5 Å². The Labute approximate surface area is 145 Å². The fourth-order valence-corrected chi connectivity index (χ4v) is 3.48. The van der Waals surface area contributed by atoms with E-state index < -0.39 is 0 Å². The van der Waals surface area contributed by atoms with E-state index in [4.69, 9.17) is 9.72 Å². The number of hydrogen-bond acceptors (Lipinski definition) is 2. The highest BCUT2D eigenvalue weighted by Crippen LogP contribution is 2.32. The molecule has 0 aliphatic rings. The van der Waals surface area contributed by atoms with Crippen LogP contribution in [0.1, 0.15) is 0 Å². The Hall–Kier alpha value is -3.33. The zero-order valence-electron chi connectivity index (χ0n) is 13.8. The maximum Gasteiger partial charge on any atom is 0.145 e. The number of hydrogen-bond donors (Lipinski definition) is 0. The monoisotopic (exact) mass is 324 g/mol. The van der Waals surface area contributed by atoms with Gasteiger partial charge in [-0.2, -0.15) is 0 Å². The van der Waals surface area contributed by atoms with Crippen LogP contribution < -0.4 is 4.74 Å². The average molecular weight is 324 g/mol. The predicted molar refractivity (Wildman–Crippen MR) is 102 cm³/mol. The quantitative estimate of drug-likeness (QED) is 0.439. The lowest BCUT2D eigenvalue weighted by molar-refractivity contribution is 0.415. The predicted octanol–water partition coefficient (Wildman–Crippen LogP) is 5.32. The van der Waals surface area contributed by atoms with Crippen LogP contribution in [0.4, 0.5) is 0 Å². The van der Waals surface area contributed by atoms with Gasteiger partial charge >= 0.3 is 0 Å². The molecule has 0 atom stereocenters. The SMILES string of the molecule is COc1ccc2c(c1)cc1c3ccccc3nc(-c3ccccc3)n21. The number of rotatable bonds is 2. The first-order chi connectivity index (χ1) is 12.3. The number of nitrogens with zero attached hydrogens (tertiary/aromatic N) is 2. The third kappa shape index (κ3) is 2.09. The van der Waals surface area contributed by atoms with Gasteiger partial charge < -0.3 is 4.74 Å². The third-order valence-corrected chi connectivity index (χ3v) is 4.66. The summed E-state index contributed by atoms with van der Waals surface area (Å²) in [4.78, 5) is 4.97. The molecule has 25 heavy (non-hydrogen) atoms. The lowest BCUT2D eigenvalue weighted by Crippen LogP contribution is -1.97. The molecule has 2 heterocycles. The van der Waals surface area contributed by atoms with E-state index in [2.05, 4.69) is 52.9 Å². The van der Waals surface area contributed by atoms with E-state index in [-0.39, 0.29) is 0 Å². The molecule has 0 aliphatic heterocycles. The largest absolute Gasteiger partial charge is 0.497 e. The van der Waals surface area contributed by atoms with Crippen molar-refractivity contribution in [3.63, 3.8) is 0 Å². The van der Waals surface area contributed by atoms with Crippen LogP contribution in [0.5, 0.6) is 5.75 Å². The van der Waals surface area contributed by atoms with Crippen LogP contribution in [0, 0.1) is 0 Å². The normalized spacial score (nSPS) is 11.4. The average Bonchev–Trinajstić information content (AvgIpc) is 3.07. The van der Waals surface area contributed by atoms with Gasteiger partial charge in [0, 0.05) is 16.3 Å². The second-order valence-electron chi connectivity index (χ2n) is 6.11. The molecule has 3 aromatic carbocycles. The lowest BCUT2D eigenvalue weighted by atomic mass is 10.1. The molecule has 5 rings (SSSR count). The standard InChI is InChI=1S/C22H16N2O/c1-25-17-11-12-20-16(13-17)14-21-18-9-5-6-10-19(18)23-22(24(20)21)15-7-3-2-4-8-15/h2-14H,1H3. The molecule has 0 bridgehead atoms. The van der Waals surface area contributed by atoms with Crippen LogP contribution in [0.15, 0.2) is 78.9 Å². The van der Waals surface area contributed by atoms with E-state index in [1.807, 2.05) is 30.3 Å². The maximum absolute atomic E-state index is 5.40. The molecular formula is C22H16N2O. The minimum Gasteiger partial charge on any atom is -0.497 e. The molecule has 0 fully saturated rings. The van der Waals surface area contributed by atoms with Gasteiger partial charge in [0.15, 0.2) is 0 Å². The van der Waals surface area contributed by atoms with Gasteiger partial charge in [-0.15, -0.1) is 0 Å². The molecular weight excluding hydrogens is 308 g/mol. The first kappa shape index (κ1) is 14.1. The zero-order chi connectivity index (χ0) is 16.8. The van der Waals surface area contributed by atoms with Crippen molar-refractivity contribution in [1.82, 2.24) is 9.38 Å². The van der Waals surface area contributed by atoms with Gasteiger partial charge in [0.2, 0.25) is 0 Å². The van der Waals surface area contributed by atoms with Crippen molar-refractivity contribution in [1.29, 1.82) is 0 Å². The minimum atomic E-state index is 0.863. The summed E-state index contributed by atoms with van der Waals surface area (Å²) in [5, 5.41) is 2.30. The van der Waals surface area contributed by atoms with Crippen molar-refractivity contribution in [2.24, 2.45) is 0 Å². The summed E-state index contributed by atoms with van der Waals surface area (Å²) in [5.41, 5.74) is 4.40. The molecule has 0 radical (unpaired) electrons. The van der Waals surface area contributed by atoms with E-state index in [9.17, 15) is 0 Å². The third-order valence-electron chi connectivity index (χ3n) is 4.66. The van der Waals surface area contributed by atoms with Crippen LogP contribution in [0.3, 0.4) is 0 Å². The van der Waals surface area contributed by atoms with Gasteiger partial charge in [-0.1, -0.05) is 48.5 Å². The first-order valence-corrected chi connectivity index (χ1v) is 8.28. The maximum atomic E-state index is 5.40. The lowest BCUT2D eigenvalue weighted by Gasteiger charge is -2.10. The summed E-state index contributed by atoms with van der Waals surface area (Å²) in [7, 11) is 1.70. The smallest absolute Gasteiger partial charge is 0.145 e. The molecule has 5 aromatic rings. The van der Waals surface area contributed by atoms with Crippen molar-refractivity contribution >= 4 is 27.3 Å². The van der Waals surface area contributed by atoms with Crippen molar-refractivity contribution in [3.8, 4) is 17.1 Å². The highest BCUT2D eigenvalue weighted by Gasteiger charge is 2.14. The summed E-state index contributed by atoms with van der Waals surface area (Å²) in [6.45, 7) is 0. The molecule has 2 aromatic heterocycles. The van der Waals surface area contributed by atoms with Gasteiger partial charge in [-0.05, 0) is 30.3 Å². The summed E-state index contributed by atoms with van der Waals surface area (Å²) in [6, 6.07) is 27.0. The van der Waals surface area contributed by atoms with Gasteiger partial charge in [-0.25, -0.2) is 4.98 Å². The van der Waals surface area contributed by atoms with Crippen LogP contribution in [0.25, 0.3) is 38.7 Å². The fourth-order valence-electron chi connectivity index (χ4n) is 3.48. The Bertz CT molecular complexity index is 1220. The summed E-state index contributed by atoms with van der Waals surface area (Å²) in [6.07, 6.45) is 0. The van der Waals surface area contributed by atoms with E-state index in [1.165, 1.54) is 0 Å². The van der Waals surface area contributed by atoms with Crippen LogP contribution >= 0.6 is 0 Å². The Balaban J connectivity index is 2.00. The first-order valence-electron chi connectivity index (χ1n) is 8.28. The van der Waals surface area contributed by atoms with E-state index in [0.717, 1.165) is 44.5 Å².